The molecule has 0 saturated heterocycles. The summed E-state index contributed by atoms with van der Waals surface area (Å²) in [6, 6.07) is 3.30. The van der Waals surface area contributed by atoms with Crippen molar-refractivity contribution in [2.45, 2.75) is 25.8 Å². The molecule has 0 radical (unpaired) electrons. The first kappa shape index (κ1) is 14.0. The molecule has 6 heteroatoms. The number of carbonyl (C=O) groups is 2. The highest BCUT2D eigenvalue weighted by atomic mass is 32.1. The van der Waals surface area contributed by atoms with Crippen molar-refractivity contribution in [3.63, 3.8) is 0 Å². The number of aromatic carboxylic acids is 1. The van der Waals surface area contributed by atoms with Crippen LogP contribution in [0.2, 0.25) is 0 Å². The number of nitrogens with one attached hydrogen (secondary N) is 1. The minimum atomic E-state index is -0.929. The standard InChI is InChI=1S/C13H17NO4S/c1-18-7-6-13(4-5-13)12(17)14-8-9-2-3-10(19-9)11(15)16/h2-3H,4-8H2,1H3,(H,14,17)(H,15,16). The summed E-state index contributed by atoms with van der Waals surface area (Å²) in [6.45, 7) is 0.987. The molecule has 1 aromatic heterocycles. The lowest BCUT2D eigenvalue weighted by Crippen LogP contribution is -2.32. The van der Waals surface area contributed by atoms with Crippen molar-refractivity contribution in [1.29, 1.82) is 0 Å². The topological polar surface area (TPSA) is 75.6 Å². The Morgan fingerprint density at radius 2 is 2.21 bits per heavy atom. The highest BCUT2D eigenvalue weighted by molar-refractivity contribution is 7.13. The summed E-state index contributed by atoms with van der Waals surface area (Å²) < 4.78 is 5.02. The molecule has 1 aromatic rings. The smallest absolute Gasteiger partial charge is 0.345 e. The summed E-state index contributed by atoms with van der Waals surface area (Å²) in [4.78, 5) is 24.0. The van der Waals surface area contributed by atoms with Gasteiger partial charge < -0.3 is 15.2 Å². The summed E-state index contributed by atoms with van der Waals surface area (Å²) >= 11 is 1.19. The van der Waals surface area contributed by atoms with E-state index >= 15 is 0 Å². The van der Waals surface area contributed by atoms with Crippen LogP contribution in [-0.2, 0) is 16.1 Å². The van der Waals surface area contributed by atoms with Crippen molar-refractivity contribution in [1.82, 2.24) is 5.32 Å². The number of methoxy groups -OCH3 is 1. The fourth-order valence-electron chi connectivity index (χ4n) is 1.98. The van der Waals surface area contributed by atoms with Crippen LogP contribution in [0.3, 0.4) is 0 Å². The van der Waals surface area contributed by atoms with E-state index in [0.717, 1.165) is 24.1 Å². The Kier molecular flexibility index (Phi) is 4.21. The number of hydrogen-bond acceptors (Lipinski definition) is 4. The molecule has 1 aliphatic carbocycles. The zero-order valence-electron chi connectivity index (χ0n) is 10.8. The maximum atomic E-state index is 12.1. The number of carbonyl (C=O) groups excluding carboxylic acids is 1. The molecule has 0 bridgehead atoms. The van der Waals surface area contributed by atoms with Crippen molar-refractivity contribution in [3.05, 3.63) is 21.9 Å². The van der Waals surface area contributed by atoms with Crippen LogP contribution in [0.1, 0.15) is 33.8 Å². The molecule has 0 spiro atoms. The highest BCUT2D eigenvalue weighted by Crippen LogP contribution is 2.49. The molecule has 0 unspecified atom stereocenters. The number of hydrogen-bond donors (Lipinski definition) is 2. The predicted molar refractivity (Wildman–Crippen MR) is 71.3 cm³/mol. The zero-order valence-corrected chi connectivity index (χ0v) is 11.6. The minimum absolute atomic E-state index is 0.0508. The van der Waals surface area contributed by atoms with Gasteiger partial charge in [-0.2, -0.15) is 0 Å². The first-order valence-corrected chi connectivity index (χ1v) is 6.98. The molecule has 0 aromatic carbocycles. The number of carboxylic acid groups (broad SMARTS) is 1. The Hall–Kier alpha value is -1.40. The maximum Gasteiger partial charge on any atom is 0.345 e. The van der Waals surface area contributed by atoms with Gasteiger partial charge in [-0.05, 0) is 31.4 Å². The van der Waals surface area contributed by atoms with E-state index in [4.69, 9.17) is 9.84 Å². The van der Waals surface area contributed by atoms with Crippen molar-refractivity contribution >= 4 is 23.2 Å². The number of ether oxygens (including phenoxy) is 1. The third kappa shape index (κ3) is 3.33. The van der Waals surface area contributed by atoms with Crippen molar-refractivity contribution in [2.75, 3.05) is 13.7 Å². The second kappa shape index (κ2) is 5.71. The second-order valence-electron chi connectivity index (χ2n) is 4.78. The Balaban J connectivity index is 1.84. The first-order chi connectivity index (χ1) is 9.07. The lowest BCUT2D eigenvalue weighted by atomic mass is 10.0. The van der Waals surface area contributed by atoms with Gasteiger partial charge in [0.1, 0.15) is 4.88 Å². The lowest BCUT2D eigenvalue weighted by Gasteiger charge is -2.14. The first-order valence-electron chi connectivity index (χ1n) is 6.17. The van der Waals surface area contributed by atoms with E-state index in [1.165, 1.54) is 11.3 Å². The quantitative estimate of drug-likeness (QED) is 0.801. The summed E-state index contributed by atoms with van der Waals surface area (Å²) in [6.07, 6.45) is 2.57. The average Bonchev–Trinajstić information content (AvgIpc) is 3.03. The van der Waals surface area contributed by atoms with Gasteiger partial charge in [-0.1, -0.05) is 0 Å². The third-order valence-corrected chi connectivity index (χ3v) is 4.49. The van der Waals surface area contributed by atoms with Crippen LogP contribution in [0.4, 0.5) is 0 Å². The minimum Gasteiger partial charge on any atom is -0.477 e. The molecular weight excluding hydrogens is 266 g/mol. The van der Waals surface area contributed by atoms with E-state index in [1.54, 1.807) is 19.2 Å². The van der Waals surface area contributed by atoms with Gasteiger partial charge in [0.05, 0.1) is 12.0 Å². The Morgan fingerprint density at radius 1 is 1.47 bits per heavy atom. The van der Waals surface area contributed by atoms with Gasteiger partial charge in [0, 0.05) is 18.6 Å². The summed E-state index contributed by atoms with van der Waals surface area (Å²) in [5.74, 6) is -0.879. The van der Waals surface area contributed by atoms with E-state index in [0.29, 0.717) is 18.0 Å². The van der Waals surface area contributed by atoms with Crippen LogP contribution in [0.25, 0.3) is 0 Å². The van der Waals surface area contributed by atoms with E-state index in [1.807, 2.05) is 0 Å². The van der Waals surface area contributed by atoms with Crippen LogP contribution in [0, 0.1) is 5.41 Å². The molecule has 1 heterocycles. The Morgan fingerprint density at radius 3 is 2.74 bits per heavy atom. The molecule has 1 aliphatic rings. The summed E-state index contributed by atoms with van der Waals surface area (Å²) in [5, 5.41) is 11.7. The summed E-state index contributed by atoms with van der Waals surface area (Å²) in [7, 11) is 1.63. The number of amides is 1. The van der Waals surface area contributed by atoms with Crippen molar-refractivity contribution < 1.29 is 19.4 Å². The van der Waals surface area contributed by atoms with Gasteiger partial charge in [0.15, 0.2) is 0 Å². The number of rotatable bonds is 7. The largest absolute Gasteiger partial charge is 0.477 e. The van der Waals surface area contributed by atoms with E-state index in [9.17, 15) is 9.59 Å². The van der Waals surface area contributed by atoms with Crippen LogP contribution in [0.15, 0.2) is 12.1 Å². The van der Waals surface area contributed by atoms with E-state index < -0.39 is 5.97 Å². The lowest BCUT2D eigenvalue weighted by molar-refractivity contribution is -0.127. The van der Waals surface area contributed by atoms with Crippen molar-refractivity contribution in [2.24, 2.45) is 5.41 Å². The molecule has 0 atom stereocenters. The predicted octanol–water partition coefficient (Wildman–Crippen LogP) is 1.88. The fraction of sp³-hybridized carbons (Fsp3) is 0.538. The molecule has 104 valence electrons. The summed E-state index contributed by atoms with van der Waals surface area (Å²) in [5.41, 5.74) is -0.247. The van der Waals surface area contributed by atoms with Gasteiger partial charge >= 0.3 is 5.97 Å². The molecule has 1 saturated carbocycles. The van der Waals surface area contributed by atoms with Crippen LogP contribution >= 0.6 is 11.3 Å². The van der Waals surface area contributed by atoms with Gasteiger partial charge in [0.25, 0.3) is 0 Å². The van der Waals surface area contributed by atoms with Crippen LogP contribution in [-0.4, -0.2) is 30.7 Å². The second-order valence-corrected chi connectivity index (χ2v) is 5.95. The molecule has 19 heavy (non-hydrogen) atoms. The third-order valence-electron chi connectivity index (χ3n) is 3.42. The average molecular weight is 283 g/mol. The van der Waals surface area contributed by atoms with Crippen LogP contribution < -0.4 is 5.32 Å². The van der Waals surface area contributed by atoms with Gasteiger partial charge in [0.2, 0.25) is 5.91 Å². The Labute approximate surface area is 115 Å². The van der Waals surface area contributed by atoms with Crippen LogP contribution in [0.5, 0.6) is 0 Å². The van der Waals surface area contributed by atoms with E-state index in [-0.39, 0.29) is 11.3 Å². The molecule has 1 fully saturated rings. The molecular formula is C13H17NO4S. The van der Waals surface area contributed by atoms with Gasteiger partial charge in [-0.15, -0.1) is 11.3 Å². The molecule has 5 nitrogen and oxygen atoms in total. The SMILES string of the molecule is COCCC1(C(=O)NCc2ccc(C(=O)O)s2)CC1. The van der Waals surface area contributed by atoms with Gasteiger partial charge in [-0.3, -0.25) is 4.79 Å². The molecule has 2 N–H and O–H groups in total. The molecule has 2 rings (SSSR count). The molecule has 0 aliphatic heterocycles. The van der Waals surface area contributed by atoms with E-state index in [2.05, 4.69) is 5.32 Å². The Bertz CT molecular complexity index is 479. The maximum absolute atomic E-state index is 12.1. The monoisotopic (exact) mass is 283 g/mol. The highest BCUT2D eigenvalue weighted by Gasteiger charge is 2.48. The fourth-order valence-corrected chi connectivity index (χ4v) is 2.77. The number of carboxylic acids is 1. The normalized spacial score (nSPS) is 16.1. The van der Waals surface area contributed by atoms with Crippen molar-refractivity contribution in [3.8, 4) is 0 Å². The zero-order chi connectivity index (χ0) is 13.9. The molecule has 1 amide bonds. The number of thiophene rings is 1. The van der Waals surface area contributed by atoms with Gasteiger partial charge in [-0.25, -0.2) is 4.79 Å².